The molecule has 0 N–H and O–H groups in total. The van der Waals surface area contributed by atoms with Crippen molar-refractivity contribution in [3.63, 3.8) is 0 Å². The number of rotatable bonds is 6. The number of hydrogen-bond donors (Lipinski definition) is 0. The number of benzene rings is 3. The summed E-state index contributed by atoms with van der Waals surface area (Å²) < 4.78 is 8.01. The van der Waals surface area contributed by atoms with Crippen molar-refractivity contribution in [3.8, 4) is 5.75 Å². The van der Waals surface area contributed by atoms with Gasteiger partial charge in [0.15, 0.2) is 0 Å². The fraction of sp³-hybridized carbons (Fsp3) is 0.120. The van der Waals surface area contributed by atoms with E-state index < -0.39 is 0 Å². The summed E-state index contributed by atoms with van der Waals surface area (Å²) in [5.41, 5.74) is 2.91. The van der Waals surface area contributed by atoms with E-state index in [4.69, 9.17) is 9.72 Å². The molecule has 0 bridgehead atoms. The van der Waals surface area contributed by atoms with E-state index in [2.05, 4.69) is 34.7 Å². The van der Waals surface area contributed by atoms with Crippen LogP contribution in [0.15, 0.2) is 77.6 Å². The van der Waals surface area contributed by atoms with Crippen LogP contribution < -0.4 is 10.3 Å². The molecule has 0 amide bonds. The van der Waals surface area contributed by atoms with E-state index in [1.807, 2.05) is 72.8 Å². The summed E-state index contributed by atoms with van der Waals surface area (Å²) in [7, 11) is 1.65. The highest BCUT2D eigenvalue weighted by Crippen LogP contribution is 2.17. The first kappa shape index (κ1) is 20.3. The van der Waals surface area contributed by atoms with Crippen LogP contribution >= 0.6 is 22.6 Å². The van der Waals surface area contributed by atoms with E-state index in [0.29, 0.717) is 23.3 Å². The largest absolute Gasteiger partial charge is 0.497 e. The molecule has 0 saturated heterocycles. The topological polar surface area (TPSA) is 44.1 Å². The maximum absolute atomic E-state index is 13.3. The third-order valence-electron chi connectivity index (χ3n) is 4.95. The maximum Gasteiger partial charge on any atom is 0.261 e. The number of methoxy groups -OCH3 is 1. The van der Waals surface area contributed by atoms with Crippen molar-refractivity contribution in [2.75, 3.05) is 7.11 Å². The minimum atomic E-state index is -0.0103. The van der Waals surface area contributed by atoms with Gasteiger partial charge in [-0.15, -0.1) is 0 Å². The Hall–Kier alpha value is -2.93. The van der Waals surface area contributed by atoms with E-state index >= 15 is 0 Å². The van der Waals surface area contributed by atoms with Crippen molar-refractivity contribution in [1.29, 1.82) is 0 Å². The Morgan fingerprint density at radius 3 is 2.50 bits per heavy atom. The molecule has 4 rings (SSSR count). The van der Waals surface area contributed by atoms with Crippen LogP contribution in [0, 0.1) is 3.57 Å². The van der Waals surface area contributed by atoms with Gasteiger partial charge in [-0.1, -0.05) is 48.5 Å². The number of nitrogens with zero attached hydrogens (tertiary/aromatic N) is 2. The first-order valence-electron chi connectivity index (χ1n) is 9.70. The summed E-state index contributed by atoms with van der Waals surface area (Å²) in [6.07, 6.45) is 4.64. The number of aryl methyl sites for hydroxylation is 1. The molecular formula is C25H21IN2O2. The number of halogens is 1. The molecule has 0 unspecified atom stereocenters. The van der Waals surface area contributed by atoms with Crippen LogP contribution in [0.3, 0.4) is 0 Å². The van der Waals surface area contributed by atoms with Gasteiger partial charge in [0.1, 0.15) is 11.6 Å². The van der Waals surface area contributed by atoms with Crippen LogP contribution in [0.1, 0.15) is 17.0 Å². The highest BCUT2D eigenvalue weighted by Gasteiger charge is 2.10. The van der Waals surface area contributed by atoms with Crippen LogP contribution in [-0.4, -0.2) is 16.7 Å². The van der Waals surface area contributed by atoms with Gasteiger partial charge in [0.05, 0.1) is 18.0 Å². The molecule has 4 nitrogen and oxygen atoms in total. The summed E-state index contributed by atoms with van der Waals surface area (Å²) in [5, 5.41) is 0.650. The van der Waals surface area contributed by atoms with Crippen molar-refractivity contribution in [3.05, 3.63) is 104 Å². The zero-order valence-corrected chi connectivity index (χ0v) is 18.7. The second-order valence-electron chi connectivity index (χ2n) is 6.93. The van der Waals surface area contributed by atoms with Gasteiger partial charge in [0, 0.05) is 10.1 Å². The number of fused-ring (bicyclic) bond motifs is 1. The zero-order valence-electron chi connectivity index (χ0n) is 16.6. The molecular weight excluding hydrogens is 487 g/mol. The van der Waals surface area contributed by atoms with Crippen molar-refractivity contribution >= 4 is 45.6 Å². The molecule has 30 heavy (non-hydrogen) atoms. The molecule has 0 saturated carbocycles. The van der Waals surface area contributed by atoms with E-state index in [9.17, 15) is 4.79 Å². The SMILES string of the molecule is COc1ccc(/C=C/c2nc3ccc(I)cc3c(=O)n2CCc2ccccc2)cc1. The lowest BCUT2D eigenvalue weighted by Gasteiger charge is -2.12. The van der Waals surface area contributed by atoms with Gasteiger partial charge >= 0.3 is 0 Å². The maximum atomic E-state index is 13.3. The fourth-order valence-corrected chi connectivity index (χ4v) is 3.82. The quantitative estimate of drug-likeness (QED) is 0.327. The van der Waals surface area contributed by atoms with Gasteiger partial charge in [-0.3, -0.25) is 9.36 Å². The summed E-state index contributed by atoms with van der Waals surface area (Å²) in [5.74, 6) is 1.46. The lowest BCUT2D eigenvalue weighted by atomic mass is 10.1. The highest BCUT2D eigenvalue weighted by molar-refractivity contribution is 14.1. The monoisotopic (exact) mass is 508 g/mol. The highest BCUT2D eigenvalue weighted by atomic mass is 127. The Morgan fingerprint density at radius 1 is 1.00 bits per heavy atom. The lowest BCUT2D eigenvalue weighted by molar-refractivity contribution is 0.415. The van der Waals surface area contributed by atoms with Gasteiger partial charge in [-0.25, -0.2) is 4.98 Å². The predicted molar refractivity (Wildman–Crippen MR) is 131 cm³/mol. The first-order chi connectivity index (χ1) is 14.6. The smallest absolute Gasteiger partial charge is 0.261 e. The van der Waals surface area contributed by atoms with Crippen molar-refractivity contribution in [2.24, 2.45) is 0 Å². The molecule has 0 fully saturated rings. The van der Waals surface area contributed by atoms with E-state index in [0.717, 1.165) is 21.3 Å². The number of hydrogen-bond acceptors (Lipinski definition) is 3. The lowest BCUT2D eigenvalue weighted by Crippen LogP contribution is -2.25. The predicted octanol–water partition coefficient (Wildman–Crippen LogP) is 5.42. The Bertz CT molecular complexity index is 1250. The molecule has 0 aliphatic heterocycles. The Labute approximate surface area is 189 Å². The number of aromatic nitrogens is 2. The van der Waals surface area contributed by atoms with Crippen LogP contribution in [0.25, 0.3) is 23.1 Å². The third-order valence-corrected chi connectivity index (χ3v) is 5.62. The number of ether oxygens (including phenoxy) is 1. The van der Waals surface area contributed by atoms with Crippen molar-refractivity contribution in [1.82, 2.24) is 9.55 Å². The molecule has 0 spiro atoms. The second kappa shape index (κ2) is 9.26. The van der Waals surface area contributed by atoms with Gasteiger partial charge < -0.3 is 4.74 Å². The average Bonchev–Trinajstić information content (AvgIpc) is 2.78. The molecule has 0 atom stereocenters. The van der Waals surface area contributed by atoms with Crippen molar-refractivity contribution in [2.45, 2.75) is 13.0 Å². The van der Waals surface area contributed by atoms with E-state index in [-0.39, 0.29) is 5.56 Å². The molecule has 1 heterocycles. The summed E-state index contributed by atoms with van der Waals surface area (Å²) >= 11 is 2.23. The Morgan fingerprint density at radius 2 is 1.77 bits per heavy atom. The van der Waals surface area contributed by atoms with Crippen molar-refractivity contribution < 1.29 is 4.74 Å². The van der Waals surface area contributed by atoms with Crippen LogP contribution in [-0.2, 0) is 13.0 Å². The van der Waals surface area contributed by atoms with E-state index in [1.54, 1.807) is 11.7 Å². The summed E-state index contributed by atoms with van der Waals surface area (Å²) in [6.45, 7) is 0.569. The molecule has 4 aromatic rings. The average molecular weight is 508 g/mol. The van der Waals surface area contributed by atoms with Crippen LogP contribution in [0.2, 0.25) is 0 Å². The summed E-state index contributed by atoms with van der Waals surface area (Å²) in [4.78, 5) is 18.1. The zero-order chi connectivity index (χ0) is 20.9. The Balaban J connectivity index is 1.74. The molecule has 150 valence electrons. The summed E-state index contributed by atoms with van der Waals surface area (Å²) in [6, 6.07) is 23.8. The minimum Gasteiger partial charge on any atom is -0.497 e. The van der Waals surface area contributed by atoms with Gasteiger partial charge in [0.25, 0.3) is 5.56 Å². The van der Waals surface area contributed by atoms with Crippen LogP contribution in [0.4, 0.5) is 0 Å². The van der Waals surface area contributed by atoms with Crippen LogP contribution in [0.5, 0.6) is 5.75 Å². The van der Waals surface area contributed by atoms with Gasteiger partial charge in [0.2, 0.25) is 0 Å². The standard InChI is InChI=1S/C25H21IN2O2/c1-30-21-11-7-19(8-12-21)9-14-24-27-23-13-10-20(26)17-22(23)25(29)28(24)16-15-18-5-3-2-4-6-18/h2-14,17H,15-16H2,1H3/b14-9+. The molecule has 0 aliphatic carbocycles. The molecule has 5 heteroatoms. The molecule has 0 aliphatic rings. The van der Waals surface area contributed by atoms with Gasteiger partial charge in [-0.05, 0) is 76.5 Å². The molecule has 3 aromatic carbocycles. The normalized spacial score (nSPS) is 11.3. The van der Waals surface area contributed by atoms with E-state index in [1.165, 1.54) is 5.56 Å². The third kappa shape index (κ3) is 4.62. The first-order valence-corrected chi connectivity index (χ1v) is 10.8. The molecule has 0 radical (unpaired) electrons. The molecule has 1 aromatic heterocycles. The second-order valence-corrected chi connectivity index (χ2v) is 8.18. The fourth-order valence-electron chi connectivity index (χ4n) is 3.32. The minimum absolute atomic E-state index is 0.0103. The Kier molecular flexibility index (Phi) is 6.28. The van der Waals surface area contributed by atoms with Gasteiger partial charge in [-0.2, -0.15) is 0 Å².